The topological polar surface area (TPSA) is 63.9 Å². The molecule has 2 aliphatic rings. The van der Waals surface area contributed by atoms with Gasteiger partial charge in [0.15, 0.2) is 5.65 Å². The second-order valence-electron chi connectivity index (χ2n) is 7.68. The van der Waals surface area contributed by atoms with Crippen LogP contribution < -0.4 is 0 Å². The van der Waals surface area contributed by atoms with Gasteiger partial charge in [0.1, 0.15) is 6.54 Å². The van der Waals surface area contributed by atoms with E-state index in [1.165, 1.54) is 18.4 Å². The first-order valence-corrected chi connectivity index (χ1v) is 9.78. The van der Waals surface area contributed by atoms with Crippen LogP contribution in [0.3, 0.4) is 0 Å². The van der Waals surface area contributed by atoms with Crippen molar-refractivity contribution in [3.63, 3.8) is 0 Å². The molecule has 3 aromatic rings. The minimum absolute atomic E-state index is 0.137. The minimum atomic E-state index is 0.137. The van der Waals surface area contributed by atoms with Crippen molar-refractivity contribution in [1.29, 1.82) is 0 Å². The summed E-state index contributed by atoms with van der Waals surface area (Å²) in [5, 5.41) is 5.25. The Hall–Kier alpha value is -2.76. The van der Waals surface area contributed by atoms with E-state index in [4.69, 9.17) is 4.98 Å². The normalized spacial score (nSPS) is 18.1. The van der Waals surface area contributed by atoms with E-state index >= 15 is 0 Å². The van der Waals surface area contributed by atoms with Gasteiger partial charge in [0.05, 0.1) is 0 Å². The van der Waals surface area contributed by atoms with Crippen molar-refractivity contribution in [2.45, 2.75) is 44.1 Å². The van der Waals surface area contributed by atoms with E-state index in [0.717, 1.165) is 42.7 Å². The van der Waals surface area contributed by atoms with Crippen LogP contribution in [0.2, 0.25) is 0 Å². The van der Waals surface area contributed by atoms with E-state index in [1.807, 2.05) is 23.4 Å². The molecule has 5 rings (SSSR count). The van der Waals surface area contributed by atoms with Gasteiger partial charge in [0, 0.05) is 48.7 Å². The maximum atomic E-state index is 12.4. The van der Waals surface area contributed by atoms with Crippen LogP contribution in [-0.4, -0.2) is 43.6 Å². The van der Waals surface area contributed by atoms with Gasteiger partial charge in [0.2, 0.25) is 5.91 Å². The summed E-state index contributed by atoms with van der Waals surface area (Å²) in [7, 11) is 0. The highest BCUT2D eigenvalue weighted by atomic mass is 16.2. The lowest BCUT2D eigenvalue weighted by molar-refractivity contribution is -0.133. The number of aromatic nitrogens is 4. The fourth-order valence-electron chi connectivity index (χ4n) is 3.97. The Labute approximate surface area is 158 Å². The van der Waals surface area contributed by atoms with Crippen molar-refractivity contribution in [2.24, 2.45) is 0 Å². The molecule has 0 N–H and O–H groups in total. The average Bonchev–Trinajstić information content (AvgIpc) is 3.44. The molecule has 138 valence electrons. The predicted molar refractivity (Wildman–Crippen MR) is 102 cm³/mol. The SMILES string of the molecule is O=C(Cn1cccn1)N1CCC(c2ccc3cc(C4CC4)cnc3n2)CC1. The Morgan fingerprint density at radius 3 is 2.70 bits per heavy atom. The van der Waals surface area contributed by atoms with Crippen molar-refractivity contribution in [3.8, 4) is 0 Å². The highest BCUT2D eigenvalue weighted by molar-refractivity contribution is 5.76. The number of piperidine rings is 1. The Kier molecular flexibility index (Phi) is 4.11. The fraction of sp³-hybridized carbons (Fsp3) is 0.429. The Balaban J connectivity index is 1.25. The van der Waals surface area contributed by atoms with Gasteiger partial charge >= 0.3 is 0 Å². The highest BCUT2D eigenvalue weighted by Crippen LogP contribution is 2.40. The molecule has 27 heavy (non-hydrogen) atoms. The van der Waals surface area contributed by atoms with Gasteiger partial charge in [-0.2, -0.15) is 5.10 Å². The number of hydrogen-bond donors (Lipinski definition) is 0. The van der Waals surface area contributed by atoms with E-state index in [-0.39, 0.29) is 5.91 Å². The summed E-state index contributed by atoms with van der Waals surface area (Å²) in [6.07, 6.45) is 9.99. The number of carbonyl (C=O) groups excluding carboxylic acids is 1. The van der Waals surface area contributed by atoms with Crippen molar-refractivity contribution in [1.82, 2.24) is 24.6 Å². The fourth-order valence-corrected chi connectivity index (χ4v) is 3.97. The first-order valence-electron chi connectivity index (χ1n) is 9.78. The molecule has 3 aromatic heterocycles. The Morgan fingerprint density at radius 1 is 1.11 bits per heavy atom. The monoisotopic (exact) mass is 361 g/mol. The second kappa shape index (κ2) is 6.76. The van der Waals surface area contributed by atoms with Gasteiger partial charge < -0.3 is 4.90 Å². The third-order valence-corrected chi connectivity index (χ3v) is 5.76. The summed E-state index contributed by atoms with van der Waals surface area (Å²) in [6, 6.07) is 8.39. The number of pyridine rings is 2. The number of carbonyl (C=O) groups is 1. The molecule has 0 atom stereocenters. The summed E-state index contributed by atoms with van der Waals surface area (Å²) >= 11 is 0. The lowest BCUT2D eigenvalue weighted by atomic mass is 9.92. The lowest BCUT2D eigenvalue weighted by Crippen LogP contribution is -2.39. The smallest absolute Gasteiger partial charge is 0.244 e. The molecular formula is C21H23N5O. The van der Waals surface area contributed by atoms with Crippen molar-refractivity contribution in [2.75, 3.05) is 13.1 Å². The van der Waals surface area contributed by atoms with E-state index < -0.39 is 0 Å². The maximum Gasteiger partial charge on any atom is 0.244 e. The predicted octanol–water partition coefficient (Wildman–Crippen LogP) is 3.11. The zero-order valence-electron chi connectivity index (χ0n) is 15.3. The Morgan fingerprint density at radius 2 is 1.96 bits per heavy atom. The van der Waals surface area contributed by atoms with Crippen LogP contribution in [0, 0.1) is 0 Å². The summed E-state index contributed by atoms with van der Waals surface area (Å²) < 4.78 is 1.68. The third-order valence-electron chi connectivity index (χ3n) is 5.76. The zero-order valence-corrected chi connectivity index (χ0v) is 15.3. The van der Waals surface area contributed by atoms with Gasteiger partial charge in [-0.25, -0.2) is 9.97 Å². The van der Waals surface area contributed by atoms with E-state index in [1.54, 1.807) is 10.9 Å². The number of hydrogen-bond acceptors (Lipinski definition) is 4. The van der Waals surface area contributed by atoms with Crippen molar-refractivity contribution in [3.05, 3.63) is 54.1 Å². The van der Waals surface area contributed by atoms with E-state index in [9.17, 15) is 4.79 Å². The Bertz CT molecular complexity index is 956. The number of amides is 1. The van der Waals surface area contributed by atoms with E-state index in [2.05, 4.69) is 28.3 Å². The molecule has 1 aliphatic carbocycles. The largest absolute Gasteiger partial charge is 0.341 e. The average molecular weight is 361 g/mol. The molecule has 6 heteroatoms. The quantitative estimate of drug-likeness (QED) is 0.716. The molecule has 1 amide bonds. The molecule has 1 saturated heterocycles. The standard InChI is InChI=1S/C21H23N5O/c27-20(14-26-9-1-8-23-26)25-10-6-16(7-11-25)19-5-4-17-12-18(15-2-3-15)13-22-21(17)24-19/h1,4-5,8-9,12-13,15-16H,2-3,6-7,10-11,14H2. The van der Waals surface area contributed by atoms with E-state index in [0.29, 0.717) is 18.4 Å². The molecule has 0 bridgehead atoms. The van der Waals surface area contributed by atoms with Gasteiger partial charge in [-0.05, 0) is 61.4 Å². The summed E-state index contributed by atoms with van der Waals surface area (Å²) in [4.78, 5) is 23.8. The summed E-state index contributed by atoms with van der Waals surface area (Å²) in [5.74, 6) is 1.25. The number of nitrogens with zero attached hydrogens (tertiary/aromatic N) is 5. The molecule has 0 radical (unpaired) electrons. The molecule has 1 aliphatic heterocycles. The second-order valence-corrected chi connectivity index (χ2v) is 7.68. The number of fused-ring (bicyclic) bond motifs is 1. The number of likely N-dealkylation sites (tertiary alicyclic amines) is 1. The third kappa shape index (κ3) is 3.44. The van der Waals surface area contributed by atoms with Crippen LogP contribution in [0.15, 0.2) is 42.9 Å². The van der Waals surface area contributed by atoms with Gasteiger partial charge in [-0.15, -0.1) is 0 Å². The van der Waals surface area contributed by atoms with Gasteiger partial charge in [0.25, 0.3) is 0 Å². The molecule has 6 nitrogen and oxygen atoms in total. The first kappa shape index (κ1) is 16.4. The van der Waals surface area contributed by atoms with Crippen LogP contribution in [-0.2, 0) is 11.3 Å². The molecule has 0 spiro atoms. The van der Waals surface area contributed by atoms with Crippen LogP contribution in [0.25, 0.3) is 11.0 Å². The van der Waals surface area contributed by atoms with Gasteiger partial charge in [-0.3, -0.25) is 9.48 Å². The van der Waals surface area contributed by atoms with Gasteiger partial charge in [-0.1, -0.05) is 0 Å². The van der Waals surface area contributed by atoms with Crippen LogP contribution >= 0.6 is 0 Å². The molecule has 0 unspecified atom stereocenters. The molecular weight excluding hydrogens is 338 g/mol. The van der Waals surface area contributed by atoms with Crippen LogP contribution in [0.1, 0.15) is 48.8 Å². The zero-order chi connectivity index (χ0) is 18.2. The molecule has 4 heterocycles. The molecule has 0 aromatic carbocycles. The molecule has 1 saturated carbocycles. The lowest BCUT2D eigenvalue weighted by Gasteiger charge is -2.31. The number of rotatable bonds is 4. The highest BCUT2D eigenvalue weighted by Gasteiger charge is 2.26. The van der Waals surface area contributed by atoms with Crippen LogP contribution in [0.5, 0.6) is 0 Å². The summed E-state index contributed by atoms with van der Waals surface area (Å²) in [6.45, 7) is 1.87. The molecule has 2 fully saturated rings. The first-order chi connectivity index (χ1) is 13.3. The van der Waals surface area contributed by atoms with Crippen molar-refractivity contribution < 1.29 is 4.79 Å². The summed E-state index contributed by atoms with van der Waals surface area (Å²) in [5.41, 5.74) is 3.29. The van der Waals surface area contributed by atoms with Crippen molar-refractivity contribution >= 4 is 16.9 Å². The maximum absolute atomic E-state index is 12.4. The van der Waals surface area contributed by atoms with Crippen LogP contribution in [0.4, 0.5) is 0 Å². The minimum Gasteiger partial charge on any atom is -0.341 e.